The SMILES string of the molecule is Cc1noc(C)c1S(=O)(=O)NNC(=O)c1ccccn1. The zero-order chi connectivity index (χ0) is 14.8. The van der Waals surface area contributed by atoms with Crippen LogP contribution in [0.5, 0.6) is 0 Å². The summed E-state index contributed by atoms with van der Waals surface area (Å²) in [6.07, 6.45) is 1.43. The number of nitrogens with one attached hydrogen (secondary N) is 2. The molecule has 8 nitrogen and oxygen atoms in total. The van der Waals surface area contributed by atoms with Crippen molar-refractivity contribution in [2.75, 3.05) is 0 Å². The van der Waals surface area contributed by atoms with Crippen LogP contribution in [0.15, 0.2) is 33.8 Å². The molecule has 0 saturated carbocycles. The van der Waals surface area contributed by atoms with Gasteiger partial charge in [-0.1, -0.05) is 11.2 Å². The largest absolute Gasteiger partial charge is 0.360 e. The van der Waals surface area contributed by atoms with Crippen LogP contribution in [0.3, 0.4) is 0 Å². The molecule has 20 heavy (non-hydrogen) atoms. The molecule has 0 spiro atoms. The first-order valence-corrected chi connectivity index (χ1v) is 7.06. The fourth-order valence-corrected chi connectivity index (χ4v) is 2.75. The van der Waals surface area contributed by atoms with E-state index in [4.69, 9.17) is 4.52 Å². The van der Waals surface area contributed by atoms with E-state index in [0.29, 0.717) is 0 Å². The molecule has 0 atom stereocenters. The van der Waals surface area contributed by atoms with Gasteiger partial charge in [-0.2, -0.15) is 0 Å². The molecular weight excluding hydrogens is 284 g/mol. The standard InChI is InChI=1S/C11H12N4O4S/c1-7-10(8(2)19-14-7)20(17,18)15-13-11(16)9-5-3-4-6-12-9/h3-6,15H,1-2H3,(H,13,16). The number of nitrogens with zero attached hydrogens (tertiary/aromatic N) is 2. The summed E-state index contributed by atoms with van der Waals surface area (Å²) in [6, 6.07) is 4.72. The Kier molecular flexibility index (Phi) is 3.81. The summed E-state index contributed by atoms with van der Waals surface area (Å²) in [6.45, 7) is 2.96. The normalized spacial score (nSPS) is 11.3. The zero-order valence-electron chi connectivity index (χ0n) is 10.7. The van der Waals surface area contributed by atoms with Gasteiger partial charge in [-0.15, -0.1) is 4.83 Å². The van der Waals surface area contributed by atoms with E-state index in [1.807, 2.05) is 4.83 Å². The topological polar surface area (TPSA) is 114 Å². The molecule has 0 saturated heterocycles. The van der Waals surface area contributed by atoms with E-state index in [1.54, 1.807) is 12.1 Å². The fraction of sp³-hybridized carbons (Fsp3) is 0.182. The zero-order valence-corrected chi connectivity index (χ0v) is 11.6. The molecule has 2 aromatic rings. The number of carbonyl (C=O) groups is 1. The molecule has 1 amide bonds. The summed E-state index contributed by atoms with van der Waals surface area (Å²) in [4.78, 5) is 17.4. The summed E-state index contributed by atoms with van der Waals surface area (Å²) in [5.74, 6) is -0.525. The van der Waals surface area contributed by atoms with Crippen molar-refractivity contribution in [3.63, 3.8) is 0 Å². The summed E-state index contributed by atoms with van der Waals surface area (Å²) < 4.78 is 28.8. The molecule has 106 valence electrons. The Morgan fingerprint density at radius 3 is 2.60 bits per heavy atom. The maximum atomic E-state index is 12.0. The predicted molar refractivity (Wildman–Crippen MR) is 68.0 cm³/mol. The van der Waals surface area contributed by atoms with Crippen LogP contribution < -0.4 is 10.3 Å². The number of sulfonamides is 1. The predicted octanol–water partition coefficient (Wildman–Crippen LogP) is 0.310. The van der Waals surface area contributed by atoms with Crippen molar-refractivity contribution >= 4 is 15.9 Å². The van der Waals surface area contributed by atoms with Crippen LogP contribution in [-0.4, -0.2) is 24.5 Å². The third-order valence-electron chi connectivity index (χ3n) is 2.43. The number of aromatic nitrogens is 2. The van der Waals surface area contributed by atoms with E-state index in [0.717, 1.165) is 0 Å². The van der Waals surface area contributed by atoms with Gasteiger partial charge in [0.2, 0.25) is 0 Å². The van der Waals surface area contributed by atoms with Crippen molar-refractivity contribution in [2.24, 2.45) is 0 Å². The Morgan fingerprint density at radius 1 is 1.30 bits per heavy atom. The maximum absolute atomic E-state index is 12.0. The Labute approximate surface area is 115 Å². The summed E-state index contributed by atoms with van der Waals surface area (Å²) >= 11 is 0. The highest BCUT2D eigenvalue weighted by Crippen LogP contribution is 2.17. The number of hydrazine groups is 1. The van der Waals surface area contributed by atoms with Crippen molar-refractivity contribution in [3.05, 3.63) is 41.5 Å². The first kappa shape index (κ1) is 14.2. The van der Waals surface area contributed by atoms with E-state index < -0.39 is 15.9 Å². The van der Waals surface area contributed by atoms with Gasteiger partial charge in [-0.3, -0.25) is 15.2 Å². The highest BCUT2D eigenvalue weighted by molar-refractivity contribution is 7.89. The molecule has 0 radical (unpaired) electrons. The lowest BCUT2D eigenvalue weighted by Crippen LogP contribution is -2.42. The number of hydrogen-bond acceptors (Lipinski definition) is 6. The molecule has 2 N–H and O–H groups in total. The number of rotatable bonds is 4. The highest BCUT2D eigenvalue weighted by Gasteiger charge is 2.24. The van der Waals surface area contributed by atoms with Gasteiger partial charge in [0.05, 0.1) is 0 Å². The molecule has 9 heteroatoms. The number of aryl methyl sites for hydroxylation is 2. The van der Waals surface area contributed by atoms with Crippen molar-refractivity contribution in [1.82, 2.24) is 20.4 Å². The molecule has 2 heterocycles. The Balaban J connectivity index is 2.13. The van der Waals surface area contributed by atoms with Crippen LogP contribution >= 0.6 is 0 Å². The average Bonchev–Trinajstić information content (AvgIpc) is 2.77. The number of carbonyl (C=O) groups excluding carboxylic acids is 1. The van der Waals surface area contributed by atoms with Gasteiger partial charge in [0.25, 0.3) is 15.9 Å². The first-order chi connectivity index (χ1) is 9.42. The van der Waals surface area contributed by atoms with Gasteiger partial charge >= 0.3 is 0 Å². The van der Waals surface area contributed by atoms with Gasteiger partial charge in [0, 0.05) is 6.20 Å². The smallest absolute Gasteiger partial charge is 0.284 e. The molecule has 2 rings (SSSR count). The van der Waals surface area contributed by atoms with Crippen molar-refractivity contribution < 1.29 is 17.7 Å². The van der Waals surface area contributed by atoms with E-state index >= 15 is 0 Å². The lowest BCUT2D eigenvalue weighted by Gasteiger charge is -2.07. The molecule has 0 aromatic carbocycles. The Bertz CT molecular complexity index is 705. The van der Waals surface area contributed by atoms with Crippen LogP contribution in [0.1, 0.15) is 21.9 Å². The summed E-state index contributed by atoms with van der Waals surface area (Å²) in [5, 5.41) is 3.55. The van der Waals surface area contributed by atoms with E-state index in [9.17, 15) is 13.2 Å². The van der Waals surface area contributed by atoms with Gasteiger partial charge in [0.1, 0.15) is 16.3 Å². The number of pyridine rings is 1. The maximum Gasteiger partial charge on any atom is 0.284 e. The van der Waals surface area contributed by atoms with Crippen molar-refractivity contribution in [3.8, 4) is 0 Å². The minimum Gasteiger partial charge on any atom is -0.360 e. The minimum absolute atomic E-state index is 0.0916. The molecule has 0 unspecified atom stereocenters. The van der Waals surface area contributed by atoms with Gasteiger partial charge in [0.15, 0.2) is 5.76 Å². The molecule has 0 aliphatic carbocycles. The lowest BCUT2D eigenvalue weighted by atomic mass is 10.3. The molecule has 0 aliphatic heterocycles. The van der Waals surface area contributed by atoms with Gasteiger partial charge in [-0.05, 0) is 26.0 Å². The van der Waals surface area contributed by atoms with E-state index in [-0.39, 0.29) is 22.0 Å². The second-order valence-corrected chi connectivity index (χ2v) is 5.55. The fourth-order valence-electron chi connectivity index (χ4n) is 1.58. The first-order valence-electron chi connectivity index (χ1n) is 5.58. The molecule has 2 aromatic heterocycles. The number of amides is 1. The molecule has 0 bridgehead atoms. The Hall–Kier alpha value is -2.26. The molecule has 0 fully saturated rings. The quantitative estimate of drug-likeness (QED) is 0.785. The minimum atomic E-state index is -3.95. The van der Waals surface area contributed by atoms with Crippen LogP contribution in [0.25, 0.3) is 0 Å². The van der Waals surface area contributed by atoms with Gasteiger partial charge in [-0.25, -0.2) is 8.42 Å². The third-order valence-corrected chi connectivity index (χ3v) is 3.92. The van der Waals surface area contributed by atoms with E-state index in [1.165, 1.54) is 26.1 Å². The summed E-state index contributed by atoms with van der Waals surface area (Å²) in [5.41, 5.74) is 2.37. The third kappa shape index (κ3) is 2.83. The lowest BCUT2D eigenvalue weighted by molar-refractivity contribution is 0.0940. The second kappa shape index (κ2) is 5.39. The monoisotopic (exact) mass is 296 g/mol. The van der Waals surface area contributed by atoms with Crippen LogP contribution in [0.4, 0.5) is 0 Å². The molecule has 0 aliphatic rings. The molecular formula is C11H12N4O4S. The van der Waals surface area contributed by atoms with Crippen molar-refractivity contribution in [2.45, 2.75) is 18.7 Å². The van der Waals surface area contributed by atoms with Crippen molar-refractivity contribution in [1.29, 1.82) is 0 Å². The second-order valence-electron chi connectivity index (χ2n) is 3.93. The van der Waals surface area contributed by atoms with Crippen LogP contribution in [0.2, 0.25) is 0 Å². The summed E-state index contributed by atoms with van der Waals surface area (Å²) in [7, 11) is -3.95. The Morgan fingerprint density at radius 2 is 2.05 bits per heavy atom. The van der Waals surface area contributed by atoms with Gasteiger partial charge < -0.3 is 4.52 Å². The number of hydrogen-bond donors (Lipinski definition) is 2. The van der Waals surface area contributed by atoms with Crippen LogP contribution in [0, 0.1) is 13.8 Å². The highest BCUT2D eigenvalue weighted by atomic mass is 32.2. The average molecular weight is 296 g/mol. The van der Waals surface area contributed by atoms with E-state index in [2.05, 4.69) is 15.6 Å². The van der Waals surface area contributed by atoms with Crippen LogP contribution in [-0.2, 0) is 10.0 Å².